The van der Waals surface area contributed by atoms with Gasteiger partial charge in [-0.3, -0.25) is 4.99 Å². The summed E-state index contributed by atoms with van der Waals surface area (Å²) in [5.41, 5.74) is -0.602. The molecule has 0 radical (unpaired) electrons. The van der Waals surface area contributed by atoms with Crippen LogP contribution >= 0.6 is 11.8 Å². The lowest BCUT2D eigenvalue weighted by Crippen LogP contribution is -2.59. The molecule has 20 heavy (non-hydrogen) atoms. The van der Waals surface area contributed by atoms with Gasteiger partial charge in [0, 0.05) is 0 Å². The average molecular weight is 316 g/mol. The predicted octanol–water partition coefficient (Wildman–Crippen LogP) is -0.561. The van der Waals surface area contributed by atoms with Crippen molar-refractivity contribution >= 4 is 16.9 Å². The highest BCUT2D eigenvalue weighted by atomic mass is 32.2. The number of nitrogens with zero attached hydrogens (tertiary/aromatic N) is 1. The van der Waals surface area contributed by atoms with E-state index in [-0.39, 0.29) is 5.17 Å². The molecule has 0 amide bonds. The zero-order valence-corrected chi connectivity index (χ0v) is 11.1. The van der Waals surface area contributed by atoms with Gasteiger partial charge in [-0.2, -0.15) is 13.2 Å². The van der Waals surface area contributed by atoms with Crippen LogP contribution in [0.25, 0.3) is 0 Å². The fourth-order valence-electron chi connectivity index (χ4n) is 1.99. The standard InChI is InChI=1S/C10H15F3N2O4S/c11-10(12,13)1-2-14-9-15-5-7(18)6(17)4(3-16)19-8(5)20-9/h4-8,16-18H,1-3H2,(H,14,15)/t4-,5-,6-,7?,8-/m1/s1. The van der Waals surface area contributed by atoms with E-state index >= 15 is 0 Å². The first-order chi connectivity index (χ1) is 9.31. The molecule has 2 aliphatic rings. The highest BCUT2D eigenvalue weighted by molar-refractivity contribution is 8.14. The molecule has 2 aliphatic heterocycles. The molecule has 6 nitrogen and oxygen atoms in total. The number of aliphatic imine (C=N–C) groups is 1. The van der Waals surface area contributed by atoms with Crippen LogP contribution in [-0.2, 0) is 4.74 Å². The van der Waals surface area contributed by atoms with Crippen LogP contribution in [0, 0.1) is 0 Å². The predicted molar refractivity (Wildman–Crippen MR) is 65.2 cm³/mol. The van der Waals surface area contributed by atoms with Crippen molar-refractivity contribution in [3.8, 4) is 0 Å². The van der Waals surface area contributed by atoms with Crippen LogP contribution in [0.2, 0.25) is 0 Å². The van der Waals surface area contributed by atoms with Crippen LogP contribution in [0.15, 0.2) is 4.99 Å². The third-order valence-corrected chi connectivity index (χ3v) is 4.16. The van der Waals surface area contributed by atoms with Crippen molar-refractivity contribution in [3.63, 3.8) is 0 Å². The molecule has 0 saturated carbocycles. The number of nitrogens with one attached hydrogen (secondary N) is 1. The lowest BCUT2D eigenvalue weighted by atomic mass is 9.98. The number of rotatable bonds is 3. The first kappa shape index (κ1) is 15.8. The van der Waals surface area contributed by atoms with Crippen molar-refractivity contribution in [2.45, 2.75) is 42.4 Å². The molecule has 0 aromatic rings. The molecule has 0 bridgehead atoms. The summed E-state index contributed by atoms with van der Waals surface area (Å²) in [4.78, 5) is 3.76. The Balaban J connectivity index is 1.95. The number of hydrogen-bond acceptors (Lipinski definition) is 6. The van der Waals surface area contributed by atoms with Gasteiger partial charge >= 0.3 is 6.18 Å². The van der Waals surface area contributed by atoms with Gasteiger partial charge in [0.15, 0.2) is 5.17 Å². The SMILES string of the molecule is OC[C@H]1O[C@@H]2SC(=NCCC(F)(F)F)N[C@@H]2C(O)[C@@H]1O. The summed E-state index contributed by atoms with van der Waals surface area (Å²) in [7, 11) is 0. The first-order valence-corrected chi connectivity index (χ1v) is 6.86. The molecular weight excluding hydrogens is 301 g/mol. The molecule has 0 aromatic heterocycles. The lowest BCUT2D eigenvalue weighted by Gasteiger charge is -2.38. The fourth-order valence-corrected chi connectivity index (χ4v) is 3.15. The number of halogens is 3. The number of thioether (sulfide) groups is 1. The maximum absolute atomic E-state index is 12.0. The van der Waals surface area contributed by atoms with Crippen molar-refractivity contribution in [2.75, 3.05) is 13.2 Å². The maximum Gasteiger partial charge on any atom is 0.390 e. The Morgan fingerprint density at radius 3 is 2.60 bits per heavy atom. The van der Waals surface area contributed by atoms with E-state index in [9.17, 15) is 23.4 Å². The van der Waals surface area contributed by atoms with Crippen LogP contribution in [0.5, 0.6) is 0 Å². The zero-order chi connectivity index (χ0) is 14.9. The molecule has 2 fully saturated rings. The normalized spacial score (nSPS) is 39.7. The molecule has 10 heteroatoms. The molecule has 1 unspecified atom stereocenters. The van der Waals surface area contributed by atoms with Crippen molar-refractivity contribution in [2.24, 2.45) is 4.99 Å². The van der Waals surface area contributed by atoms with E-state index < -0.39 is 55.5 Å². The summed E-state index contributed by atoms with van der Waals surface area (Å²) in [5, 5.41) is 31.5. The highest BCUT2D eigenvalue weighted by Crippen LogP contribution is 2.33. The van der Waals surface area contributed by atoms with Crippen LogP contribution < -0.4 is 5.32 Å². The van der Waals surface area contributed by atoms with Gasteiger partial charge in [0.2, 0.25) is 0 Å². The average Bonchev–Trinajstić information content (AvgIpc) is 2.75. The summed E-state index contributed by atoms with van der Waals surface area (Å²) in [6.45, 7) is -0.872. The number of alkyl halides is 3. The first-order valence-electron chi connectivity index (χ1n) is 5.98. The maximum atomic E-state index is 12.0. The Hall–Kier alpha value is -0.550. The lowest BCUT2D eigenvalue weighted by molar-refractivity contribution is -0.167. The van der Waals surface area contributed by atoms with Gasteiger partial charge in [0.05, 0.1) is 25.6 Å². The largest absolute Gasteiger partial charge is 0.394 e. The molecule has 2 saturated heterocycles. The second kappa shape index (κ2) is 6.06. The topological polar surface area (TPSA) is 94.3 Å². The summed E-state index contributed by atoms with van der Waals surface area (Å²) in [5.74, 6) is 0. The zero-order valence-electron chi connectivity index (χ0n) is 10.2. The van der Waals surface area contributed by atoms with Gasteiger partial charge < -0.3 is 25.4 Å². The number of amidine groups is 1. The number of fused-ring (bicyclic) bond motifs is 1. The second-order valence-corrected chi connectivity index (χ2v) is 5.63. The van der Waals surface area contributed by atoms with Crippen molar-refractivity contribution in [3.05, 3.63) is 0 Å². The Kier molecular flexibility index (Phi) is 4.80. The second-order valence-electron chi connectivity index (χ2n) is 4.55. The molecule has 0 aliphatic carbocycles. The number of aliphatic hydroxyl groups is 3. The number of hydrogen-bond donors (Lipinski definition) is 4. The quantitative estimate of drug-likeness (QED) is 0.558. The minimum atomic E-state index is -4.27. The van der Waals surface area contributed by atoms with E-state index in [2.05, 4.69) is 10.3 Å². The number of aliphatic hydroxyl groups excluding tert-OH is 3. The third-order valence-electron chi connectivity index (χ3n) is 3.05. The van der Waals surface area contributed by atoms with E-state index in [1.54, 1.807) is 0 Å². The summed E-state index contributed by atoms with van der Waals surface area (Å²) in [6.07, 6.45) is -8.67. The van der Waals surface area contributed by atoms with Crippen molar-refractivity contribution in [1.82, 2.24) is 5.32 Å². The van der Waals surface area contributed by atoms with Crippen molar-refractivity contribution < 1.29 is 33.2 Å². The van der Waals surface area contributed by atoms with E-state index in [1.165, 1.54) is 0 Å². The van der Waals surface area contributed by atoms with Crippen LogP contribution in [0.4, 0.5) is 13.2 Å². The number of ether oxygens (including phenoxy) is 1. The summed E-state index contributed by atoms with van der Waals surface area (Å²) >= 11 is 1.04. The Labute approximate surface area is 117 Å². The van der Waals surface area contributed by atoms with Gasteiger partial charge in [-0.15, -0.1) is 0 Å². The van der Waals surface area contributed by atoms with Gasteiger partial charge in [-0.05, 0) is 0 Å². The highest BCUT2D eigenvalue weighted by Gasteiger charge is 2.48. The molecule has 116 valence electrons. The van der Waals surface area contributed by atoms with E-state index in [4.69, 9.17) is 9.84 Å². The van der Waals surface area contributed by atoms with Crippen LogP contribution in [0.3, 0.4) is 0 Å². The van der Waals surface area contributed by atoms with Gasteiger partial charge in [0.1, 0.15) is 23.7 Å². The van der Waals surface area contributed by atoms with Crippen LogP contribution in [-0.4, -0.2) is 69.6 Å². The molecule has 0 aromatic carbocycles. The summed E-state index contributed by atoms with van der Waals surface area (Å²) < 4.78 is 41.4. The molecule has 0 spiro atoms. The molecular formula is C10H15F3N2O4S. The molecule has 4 N–H and O–H groups in total. The van der Waals surface area contributed by atoms with Gasteiger partial charge in [-0.25, -0.2) is 0 Å². The Morgan fingerprint density at radius 1 is 1.30 bits per heavy atom. The molecule has 2 heterocycles. The molecule has 5 atom stereocenters. The van der Waals surface area contributed by atoms with Crippen molar-refractivity contribution in [1.29, 1.82) is 0 Å². The van der Waals surface area contributed by atoms with Gasteiger partial charge in [0.25, 0.3) is 0 Å². The van der Waals surface area contributed by atoms with Gasteiger partial charge in [-0.1, -0.05) is 11.8 Å². The minimum Gasteiger partial charge on any atom is -0.394 e. The minimum absolute atomic E-state index is 0.231. The van der Waals surface area contributed by atoms with E-state index in [0.29, 0.717) is 0 Å². The Morgan fingerprint density at radius 2 is 2.00 bits per heavy atom. The monoisotopic (exact) mass is 316 g/mol. The third kappa shape index (κ3) is 3.55. The fraction of sp³-hybridized carbons (Fsp3) is 0.900. The Bertz CT molecular complexity index is 382. The smallest absolute Gasteiger partial charge is 0.390 e. The van der Waals surface area contributed by atoms with E-state index in [1.807, 2.05) is 0 Å². The summed E-state index contributed by atoms with van der Waals surface area (Å²) in [6, 6.07) is -0.664. The van der Waals surface area contributed by atoms with E-state index in [0.717, 1.165) is 11.8 Å². The molecule has 2 rings (SSSR count). The van der Waals surface area contributed by atoms with Crippen LogP contribution in [0.1, 0.15) is 6.42 Å².